The van der Waals surface area contributed by atoms with Crippen molar-refractivity contribution in [3.63, 3.8) is 0 Å². The van der Waals surface area contributed by atoms with E-state index in [4.69, 9.17) is 4.74 Å². The van der Waals surface area contributed by atoms with Crippen LogP contribution >= 0.6 is 15.9 Å². The van der Waals surface area contributed by atoms with E-state index in [-0.39, 0.29) is 25.2 Å². The lowest BCUT2D eigenvalue weighted by atomic mass is 10.0. The van der Waals surface area contributed by atoms with E-state index in [1.54, 1.807) is 4.90 Å². The van der Waals surface area contributed by atoms with Gasteiger partial charge in [-0.2, -0.15) is 0 Å². The van der Waals surface area contributed by atoms with Crippen molar-refractivity contribution < 1.29 is 14.6 Å². The molecule has 1 N–H and O–H groups in total. The fraction of sp³-hybridized carbons (Fsp3) is 0.438. The number of aliphatic hydroxyl groups is 1. The van der Waals surface area contributed by atoms with Crippen molar-refractivity contribution in [3.8, 4) is 5.75 Å². The second kappa shape index (κ2) is 5.81. The third-order valence-corrected chi connectivity index (χ3v) is 4.78. The second-order valence-electron chi connectivity index (χ2n) is 5.65. The van der Waals surface area contributed by atoms with E-state index in [2.05, 4.69) is 22.9 Å². The molecule has 0 aromatic heterocycles. The molecule has 1 aromatic rings. The van der Waals surface area contributed by atoms with Gasteiger partial charge in [0.25, 0.3) is 5.91 Å². The molecule has 0 radical (unpaired) electrons. The van der Waals surface area contributed by atoms with Gasteiger partial charge in [-0.15, -0.1) is 0 Å². The van der Waals surface area contributed by atoms with Crippen LogP contribution in [0, 0.1) is 5.92 Å². The summed E-state index contributed by atoms with van der Waals surface area (Å²) < 4.78 is 6.62. The van der Waals surface area contributed by atoms with Crippen LogP contribution in [0.4, 0.5) is 0 Å². The summed E-state index contributed by atoms with van der Waals surface area (Å²) in [5.74, 6) is 1.11. The number of hydrogen-bond acceptors (Lipinski definition) is 3. The number of rotatable bonds is 2. The Balaban J connectivity index is 1.86. The SMILES string of the molecule is CC1CCN(C(=O)C2=Cc3cc(Br)ccc3OC2)C1CO. The highest BCUT2D eigenvalue weighted by Crippen LogP contribution is 2.31. The van der Waals surface area contributed by atoms with Gasteiger partial charge in [-0.1, -0.05) is 22.9 Å². The molecule has 0 spiro atoms. The Morgan fingerprint density at radius 2 is 2.33 bits per heavy atom. The Bertz CT molecular complexity index is 599. The standard InChI is InChI=1S/C16H18BrNO3/c1-10-4-5-18(14(10)8-19)16(20)12-6-11-7-13(17)2-3-15(11)21-9-12/h2-3,6-7,10,14,19H,4-5,8-9H2,1H3. The first kappa shape index (κ1) is 14.6. The molecule has 1 amide bonds. The molecule has 2 aliphatic rings. The fourth-order valence-corrected chi connectivity index (χ4v) is 3.37. The summed E-state index contributed by atoms with van der Waals surface area (Å²) in [6, 6.07) is 5.68. The van der Waals surface area contributed by atoms with Gasteiger partial charge in [0.05, 0.1) is 18.2 Å². The minimum Gasteiger partial charge on any atom is -0.488 e. The lowest BCUT2D eigenvalue weighted by Crippen LogP contribution is -2.41. The largest absolute Gasteiger partial charge is 0.488 e. The Morgan fingerprint density at radius 3 is 3.10 bits per heavy atom. The average Bonchev–Trinajstić information content (AvgIpc) is 2.86. The first-order valence-electron chi connectivity index (χ1n) is 7.15. The van der Waals surface area contributed by atoms with Gasteiger partial charge in [0.2, 0.25) is 0 Å². The van der Waals surface area contributed by atoms with Crippen molar-refractivity contribution in [2.45, 2.75) is 19.4 Å². The van der Waals surface area contributed by atoms with E-state index >= 15 is 0 Å². The van der Waals surface area contributed by atoms with E-state index < -0.39 is 0 Å². The van der Waals surface area contributed by atoms with Crippen LogP contribution in [0.3, 0.4) is 0 Å². The molecule has 1 saturated heterocycles. The van der Waals surface area contributed by atoms with Gasteiger partial charge >= 0.3 is 0 Å². The van der Waals surface area contributed by atoms with Gasteiger partial charge in [-0.3, -0.25) is 4.79 Å². The van der Waals surface area contributed by atoms with Crippen LogP contribution in [0.5, 0.6) is 5.75 Å². The number of fused-ring (bicyclic) bond motifs is 1. The van der Waals surface area contributed by atoms with Crippen molar-refractivity contribution in [1.29, 1.82) is 0 Å². The summed E-state index contributed by atoms with van der Waals surface area (Å²) in [7, 11) is 0. The zero-order valence-corrected chi connectivity index (χ0v) is 13.5. The quantitative estimate of drug-likeness (QED) is 0.890. The molecular formula is C16H18BrNO3. The second-order valence-corrected chi connectivity index (χ2v) is 6.57. The third-order valence-electron chi connectivity index (χ3n) is 4.29. The molecule has 2 unspecified atom stereocenters. The average molecular weight is 352 g/mol. The zero-order valence-electron chi connectivity index (χ0n) is 11.9. The van der Waals surface area contributed by atoms with E-state index in [1.165, 1.54) is 0 Å². The van der Waals surface area contributed by atoms with Crippen molar-refractivity contribution in [2.75, 3.05) is 19.8 Å². The summed E-state index contributed by atoms with van der Waals surface area (Å²) >= 11 is 3.43. The van der Waals surface area contributed by atoms with Gasteiger partial charge in [-0.05, 0) is 36.6 Å². The van der Waals surface area contributed by atoms with Gasteiger partial charge in [-0.25, -0.2) is 0 Å². The number of carbonyl (C=O) groups is 1. The number of aliphatic hydroxyl groups excluding tert-OH is 1. The van der Waals surface area contributed by atoms with Crippen molar-refractivity contribution in [3.05, 3.63) is 33.8 Å². The molecule has 1 fully saturated rings. The number of nitrogens with zero attached hydrogens (tertiary/aromatic N) is 1. The molecule has 1 aromatic carbocycles. The van der Waals surface area contributed by atoms with Crippen LogP contribution < -0.4 is 4.74 Å². The highest BCUT2D eigenvalue weighted by atomic mass is 79.9. The van der Waals surface area contributed by atoms with Gasteiger partial charge in [0, 0.05) is 16.6 Å². The summed E-state index contributed by atoms with van der Waals surface area (Å²) in [5, 5.41) is 9.50. The number of hydrogen-bond donors (Lipinski definition) is 1. The molecule has 4 nitrogen and oxygen atoms in total. The Hall–Kier alpha value is -1.33. The maximum atomic E-state index is 12.7. The topological polar surface area (TPSA) is 49.8 Å². The summed E-state index contributed by atoms with van der Waals surface area (Å²) in [4.78, 5) is 14.4. The summed E-state index contributed by atoms with van der Waals surface area (Å²) in [5.41, 5.74) is 1.56. The molecule has 112 valence electrons. The van der Waals surface area contributed by atoms with Crippen molar-refractivity contribution >= 4 is 27.9 Å². The molecular weight excluding hydrogens is 334 g/mol. The minimum atomic E-state index is -0.0812. The summed E-state index contributed by atoms with van der Waals surface area (Å²) in [6.07, 6.45) is 2.83. The number of halogens is 1. The molecule has 21 heavy (non-hydrogen) atoms. The van der Waals surface area contributed by atoms with Crippen molar-refractivity contribution in [2.24, 2.45) is 5.92 Å². The first-order valence-corrected chi connectivity index (χ1v) is 7.94. The maximum absolute atomic E-state index is 12.7. The lowest BCUT2D eigenvalue weighted by Gasteiger charge is -2.27. The molecule has 0 bridgehead atoms. The van der Waals surface area contributed by atoms with Crippen LogP contribution in [0.15, 0.2) is 28.2 Å². The normalized spacial score (nSPS) is 24.3. The predicted molar refractivity (Wildman–Crippen MR) is 84.0 cm³/mol. The highest BCUT2D eigenvalue weighted by Gasteiger charge is 2.35. The number of benzene rings is 1. The minimum absolute atomic E-state index is 0.0170. The summed E-state index contributed by atoms with van der Waals surface area (Å²) in [6.45, 7) is 3.08. The number of carbonyl (C=O) groups excluding carboxylic acids is 1. The highest BCUT2D eigenvalue weighted by molar-refractivity contribution is 9.10. The van der Waals surface area contributed by atoms with Crippen LogP contribution in [0.1, 0.15) is 18.9 Å². The van der Waals surface area contributed by atoms with E-state index in [9.17, 15) is 9.90 Å². The number of likely N-dealkylation sites (tertiary alicyclic amines) is 1. The molecule has 3 rings (SSSR count). The van der Waals surface area contributed by atoms with Crippen LogP contribution in [0.25, 0.3) is 6.08 Å². The molecule has 5 heteroatoms. The third kappa shape index (κ3) is 2.72. The smallest absolute Gasteiger partial charge is 0.253 e. The molecule has 0 aliphatic carbocycles. The molecule has 0 saturated carbocycles. The fourth-order valence-electron chi connectivity index (χ4n) is 3.00. The number of amides is 1. The zero-order chi connectivity index (χ0) is 15.0. The first-order chi connectivity index (χ1) is 10.1. The number of ether oxygens (including phenoxy) is 1. The van der Waals surface area contributed by atoms with E-state index in [0.29, 0.717) is 18.0 Å². The van der Waals surface area contributed by atoms with Crippen LogP contribution in [-0.2, 0) is 4.79 Å². The maximum Gasteiger partial charge on any atom is 0.253 e. The van der Waals surface area contributed by atoms with Gasteiger partial charge in [0.1, 0.15) is 12.4 Å². The Morgan fingerprint density at radius 1 is 1.52 bits per heavy atom. The molecule has 2 heterocycles. The predicted octanol–water partition coefficient (Wildman–Crippen LogP) is 2.45. The van der Waals surface area contributed by atoms with Crippen molar-refractivity contribution in [1.82, 2.24) is 4.90 Å². The van der Waals surface area contributed by atoms with Gasteiger partial charge in [0.15, 0.2) is 0 Å². The van der Waals surface area contributed by atoms with Crippen LogP contribution in [-0.4, -0.2) is 41.7 Å². The lowest BCUT2D eigenvalue weighted by molar-refractivity contribution is -0.129. The molecule has 2 aliphatic heterocycles. The van der Waals surface area contributed by atoms with E-state index in [1.807, 2.05) is 24.3 Å². The van der Waals surface area contributed by atoms with Gasteiger partial charge < -0.3 is 14.7 Å². The Labute approximate surface area is 132 Å². The van der Waals surface area contributed by atoms with Crippen LogP contribution in [0.2, 0.25) is 0 Å². The monoisotopic (exact) mass is 351 g/mol. The van der Waals surface area contributed by atoms with E-state index in [0.717, 1.165) is 22.2 Å². The molecule has 2 atom stereocenters. The Kier molecular flexibility index (Phi) is 4.04.